The second-order valence-corrected chi connectivity index (χ2v) is 10.8. The molecule has 3 aromatic carbocycles. The number of hydrogen-bond acceptors (Lipinski definition) is 5. The average molecular weight is 527 g/mol. The molecule has 7 heteroatoms. The van der Waals surface area contributed by atoms with E-state index in [-0.39, 0.29) is 6.04 Å². The summed E-state index contributed by atoms with van der Waals surface area (Å²) in [6, 6.07) is 28.2. The van der Waals surface area contributed by atoms with Gasteiger partial charge in [0, 0.05) is 50.7 Å². The number of fused-ring (bicyclic) bond motifs is 3. The van der Waals surface area contributed by atoms with Crippen LogP contribution in [0.2, 0.25) is 5.02 Å². The number of aryl methyl sites for hydroxylation is 1. The first-order valence-electron chi connectivity index (χ1n) is 13.7. The Morgan fingerprint density at radius 1 is 0.737 bits per heavy atom. The van der Waals surface area contributed by atoms with Crippen LogP contribution in [0.4, 0.5) is 5.69 Å². The van der Waals surface area contributed by atoms with Crippen LogP contribution in [0.3, 0.4) is 0 Å². The van der Waals surface area contributed by atoms with Gasteiger partial charge in [-0.15, -0.1) is 10.2 Å². The van der Waals surface area contributed by atoms with Crippen molar-refractivity contribution in [2.24, 2.45) is 0 Å². The Bertz CT molecular complexity index is 1340. The molecule has 0 amide bonds. The first-order valence-corrected chi connectivity index (χ1v) is 14.1. The van der Waals surface area contributed by atoms with E-state index < -0.39 is 0 Å². The van der Waals surface area contributed by atoms with Crippen LogP contribution in [0.15, 0.2) is 78.9 Å². The summed E-state index contributed by atoms with van der Waals surface area (Å²) in [7, 11) is 0. The molecule has 1 aromatic heterocycles. The highest BCUT2D eigenvalue weighted by molar-refractivity contribution is 6.30. The Balaban J connectivity index is 1.08. The number of para-hydroxylation sites is 2. The zero-order chi connectivity index (χ0) is 25.9. The van der Waals surface area contributed by atoms with Crippen LogP contribution in [-0.2, 0) is 6.42 Å². The number of hydrogen-bond donors (Lipinski definition) is 0. The normalized spacial score (nSPS) is 17.1. The summed E-state index contributed by atoms with van der Waals surface area (Å²) in [5.74, 6) is 2.02. The van der Waals surface area contributed by atoms with Gasteiger partial charge in [-0.25, -0.2) is 0 Å². The SMILES string of the molecule is Cc1nnc2n1-c1ccccc1N(CCCN1CCN(C(c3ccccc3)c3ccc(Cl)cc3)CC1)CC2. The van der Waals surface area contributed by atoms with Crippen LogP contribution in [0.1, 0.15) is 35.2 Å². The first-order chi connectivity index (χ1) is 18.7. The van der Waals surface area contributed by atoms with E-state index in [1.54, 1.807) is 0 Å². The van der Waals surface area contributed by atoms with Gasteiger partial charge in [0.25, 0.3) is 0 Å². The third kappa shape index (κ3) is 5.21. The van der Waals surface area contributed by atoms with Gasteiger partial charge in [-0.1, -0.05) is 66.2 Å². The molecule has 2 aliphatic heterocycles. The molecule has 1 saturated heterocycles. The van der Waals surface area contributed by atoms with E-state index in [0.29, 0.717) is 0 Å². The van der Waals surface area contributed by atoms with Crippen LogP contribution in [0, 0.1) is 6.92 Å². The molecular weight excluding hydrogens is 492 g/mol. The summed E-state index contributed by atoms with van der Waals surface area (Å²) >= 11 is 6.20. The summed E-state index contributed by atoms with van der Waals surface area (Å²) < 4.78 is 2.22. The molecule has 6 nitrogen and oxygen atoms in total. The zero-order valence-electron chi connectivity index (χ0n) is 22.0. The summed E-state index contributed by atoms with van der Waals surface area (Å²) in [5, 5.41) is 9.55. The molecule has 0 bridgehead atoms. The van der Waals surface area contributed by atoms with Gasteiger partial charge in [-0.05, 0) is 55.3 Å². The topological polar surface area (TPSA) is 40.4 Å². The minimum Gasteiger partial charge on any atom is -0.369 e. The van der Waals surface area contributed by atoms with E-state index in [0.717, 1.165) is 75.3 Å². The molecule has 1 unspecified atom stereocenters. The highest BCUT2D eigenvalue weighted by Crippen LogP contribution is 2.31. The van der Waals surface area contributed by atoms with Gasteiger partial charge in [0.1, 0.15) is 11.6 Å². The van der Waals surface area contributed by atoms with Crippen LogP contribution in [-0.4, -0.2) is 70.4 Å². The van der Waals surface area contributed by atoms with Crippen molar-refractivity contribution in [3.8, 4) is 5.69 Å². The number of benzene rings is 3. The summed E-state index contributed by atoms with van der Waals surface area (Å²) in [6.07, 6.45) is 2.06. The Hall–Kier alpha value is -3.19. The fourth-order valence-corrected chi connectivity index (χ4v) is 6.14. The molecule has 4 aromatic rings. The van der Waals surface area contributed by atoms with E-state index >= 15 is 0 Å². The zero-order valence-corrected chi connectivity index (χ0v) is 22.8. The predicted molar refractivity (Wildman–Crippen MR) is 154 cm³/mol. The number of aromatic nitrogens is 3. The molecule has 6 rings (SSSR count). The molecule has 0 spiro atoms. The Labute approximate surface area is 230 Å². The molecule has 0 aliphatic carbocycles. The fourth-order valence-electron chi connectivity index (χ4n) is 6.01. The van der Waals surface area contributed by atoms with Crippen molar-refractivity contribution in [1.29, 1.82) is 0 Å². The maximum Gasteiger partial charge on any atom is 0.139 e. The maximum atomic E-state index is 6.20. The van der Waals surface area contributed by atoms with Crippen molar-refractivity contribution in [3.05, 3.63) is 107 Å². The van der Waals surface area contributed by atoms with Gasteiger partial charge < -0.3 is 9.80 Å². The van der Waals surface area contributed by atoms with Gasteiger partial charge in [-0.2, -0.15) is 0 Å². The van der Waals surface area contributed by atoms with Crippen molar-refractivity contribution in [2.75, 3.05) is 50.7 Å². The van der Waals surface area contributed by atoms with E-state index in [9.17, 15) is 0 Å². The second kappa shape index (κ2) is 11.3. The van der Waals surface area contributed by atoms with Crippen molar-refractivity contribution in [1.82, 2.24) is 24.6 Å². The van der Waals surface area contributed by atoms with Crippen molar-refractivity contribution < 1.29 is 0 Å². The molecule has 38 heavy (non-hydrogen) atoms. The molecule has 3 heterocycles. The molecular formula is C31H35ClN6. The first kappa shape index (κ1) is 25.1. The highest BCUT2D eigenvalue weighted by atomic mass is 35.5. The quantitative estimate of drug-likeness (QED) is 0.323. The average Bonchev–Trinajstić information content (AvgIpc) is 3.24. The Morgan fingerprint density at radius 2 is 1.42 bits per heavy atom. The Morgan fingerprint density at radius 3 is 2.18 bits per heavy atom. The lowest BCUT2D eigenvalue weighted by molar-refractivity contribution is 0.109. The lowest BCUT2D eigenvalue weighted by Crippen LogP contribution is -2.48. The van der Waals surface area contributed by atoms with Crippen LogP contribution in [0.5, 0.6) is 0 Å². The molecule has 0 saturated carbocycles. The predicted octanol–water partition coefficient (Wildman–Crippen LogP) is 5.39. The van der Waals surface area contributed by atoms with Crippen molar-refractivity contribution in [2.45, 2.75) is 25.8 Å². The molecule has 0 N–H and O–H groups in total. The minimum absolute atomic E-state index is 0.258. The summed E-state index contributed by atoms with van der Waals surface area (Å²) in [4.78, 5) is 7.78. The minimum atomic E-state index is 0.258. The lowest BCUT2D eigenvalue weighted by atomic mass is 9.96. The highest BCUT2D eigenvalue weighted by Gasteiger charge is 2.27. The van der Waals surface area contributed by atoms with Gasteiger partial charge in [0.05, 0.1) is 17.4 Å². The van der Waals surface area contributed by atoms with E-state index in [4.69, 9.17) is 11.6 Å². The maximum absolute atomic E-state index is 6.20. The number of nitrogens with zero attached hydrogens (tertiary/aromatic N) is 6. The third-order valence-electron chi connectivity index (χ3n) is 7.94. The van der Waals surface area contributed by atoms with E-state index in [1.165, 1.54) is 22.5 Å². The third-order valence-corrected chi connectivity index (χ3v) is 8.19. The smallest absolute Gasteiger partial charge is 0.139 e. The number of anilines is 1. The van der Waals surface area contributed by atoms with Gasteiger partial charge in [0.2, 0.25) is 0 Å². The molecule has 1 atom stereocenters. The largest absolute Gasteiger partial charge is 0.369 e. The standard InChI is InChI=1S/C31H35ClN6/c1-24-33-34-30-16-19-36(28-10-5-6-11-29(28)38(24)30)18-7-17-35-20-22-37(23-21-35)31(25-8-3-2-4-9-25)26-12-14-27(32)15-13-26/h2-6,8-15,31H,7,16-23H2,1H3. The van der Waals surface area contributed by atoms with E-state index in [1.807, 2.05) is 19.1 Å². The Kier molecular flexibility index (Phi) is 7.45. The van der Waals surface area contributed by atoms with Crippen molar-refractivity contribution in [3.63, 3.8) is 0 Å². The van der Waals surface area contributed by atoms with Gasteiger partial charge >= 0.3 is 0 Å². The number of halogens is 1. The summed E-state index contributed by atoms with van der Waals surface area (Å²) in [6.45, 7) is 9.48. The molecule has 196 valence electrons. The van der Waals surface area contributed by atoms with Crippen LogP contribution < -0.4 is 4.90 Å². The van der Waals surface area contributed by atoms with E-state index in [2.05, 4.69) is 96.2 Å². The monoisotopic (exact) mass is 526 g/mol. The summed E-state index contributed by atoms with van der Waals surface area (Å²) in [5.41, 5.74) is 5.13. The molecule has 2 aliphatic rings. The number of rotatable bonds is 7. The second-order valence-electron chi connectivity index (χ2n) is 10.3. The van der Waals surface area contributed by atoms with Gasteiger partial charge in [0.15, 0.2) is 0 Å². The fraction of sp³-hybridized carbons (Fsp3) is 0.355. The lowest BCUT2D eigenvalue weighted by Gasteiger charge is -2.40. The van der Waals surface area contributed by atoms with Crippen LogP contribution in [0.25, 0.3) is 5.69 Å². The van der Waals surface area contributed by atoms with Crippen LogP contribution >= 0.6 is 11.6 Å². The number of piperazine rings is 1. The molecule has 1 fully saturated rings. The molecule has 0 radical (unpaired) electrons. The van der Waals surface area contributed by atoms with Crippen molar-refractivity contribution >= 4 is 17.3 Å². The van der Waals surface area contributed by atoms with Gasteiger partial charge in [-0.3, -0.25) is 9.47 Å².